The standard InChI is InChI=1S/C25H26N6/c1-19-16-22(9-15-27-19)21-7-5-20(6-8-21)17-30-25-29-13-3-11-26-14-10-24-23(18-31-25)4-2-12-28-24/h2-9,11-13,15-16H,10,14,17-18H2,1H3,(H2,29,30,31). The van der Waals surface area contributed by atoms with E-state index >= 15 is 0 Å². The van der Waals surface area contributed by atoms with E-state index in [4.69, 9.17) is 4.99 Å². The van der Waals surface area contributed by atoms with Crippen LogP contribution in [-0.2, 0) is 19.5 Å². The molecule has 0 fully saturated rings. The molecule has 0 spiro atoms. The normalized spacial score (nSPS) is 13.9. The molecular weight excluding hydrogens is 384 g/mol. The van der Waals surface area contributed by atoms with Gasteiger partial charge in [0.1, 0.15) is 0 Å². The molecule has 1 aliphatic heterocycles. The minimum absolute atomic E-state index is 0.566. The van der Waals surface area contributed by atoms with E-state index in [1.807, 2.05) is 43.7 Å². The average Bonchev–Trinajstić information content (AvgIpc) is 2.79. The SMILES string of the molecule is Cc1cc(-c2ccc(CNC3=NCc4cccnc4CCN=CC=CN3)cc2)ccn1. The fourth-order valence-corrected chi connectivity index (χ4v) is 3.36. The molecule has 0 aliphatic carbocycles. The van der Waals surface area contributed by atoms with Gasteiger partial charge in [0, 0.05) is 55.7 Å². The number of aliphatic imine (C=N–C) groups is 2. The lowest BCUT2D eigenvalue weighted by Gasteiger charge is -2.12. The molecule has 0 bridgehead atoms. The van der Waals surface area contributed by atoms with E-state index in [1.54, 1.807) is 6.21 Å². The molecule has 6 nitrogen and oxygen atoms in total. The topological polar surface area (TPSA) is 74.6 Å². The number of aromatic nitrogens is 2. The van der Waals surface area contributed by atoms with Gasteiger partial charge in [-0.3, -0.25) is 15.0 Å². The van der Waals surface area contributed by atoms with Crippen LogP contribution in [0.1, 0.15) is 22.5 Å². The zero-order valence-corrected chi connectivity index (χ0v) is 17.6. The summed E-state index contributed by atoms with van der Waals surface area (Å²) in [5.41, 5.74) is 6.73. The molecule has 31 heavy (non-hydrogen) atoms. The summed E-state index contributed by atoms with van der Waals surface area (Å²) in [6.45, 7) is 3.96. The van der Waals surface area contributed by atoms with Crippen molar-refractivity contribution in [3.63, 3.8) is 0 Å². The van der Waals surface area contributed by atoms with Crippen LogP contribution in [0.5, 0.6) is 0 Å². The Bertz CT molecular complexity index is 1100. The van der Waals surface area contributed by atoms with Gasteiger partial charge in [-0.25, -0.2) is 4.99 Å². The quantitative estimate of drug-likeness (QED) is 0.688. The molecule has 0 saturated carbocycles. The van der Waals surface area contributed by atoms with Gasteiger partial charge in [-0.15, -0.1) is 0 Å². The number of allylic oxidation sites excluding steroid dienone is 1. The van der Waals surface area contributed by atoms with Crippen LogP contribution in [0.25, 0.3) is 11.1 Å². The molecule has 0 radical (unpaired) electrons. The average molecular weight is 411 g/mol. The molecule has 4 rings (SSSR count). The Labute approximate surface area is 182 Å². The molecular formula is C25H26N6. The number of rotatable bonds is 3. The number of aryl methyl sites for hydroxylation is 1. The third-order valence-electron chi connectivity index (χ3n) is 5.02. The summed E-state index contributed by atoms with van der Waals surface area (Å²) in [5.74, 6) is 0.717. The maximum absolute atomic E-state index is 4.74. The fraction of sp³-hybridized carbons (Fsp3) is 0.200. The van der Waals surface area contributed by atoms with Gasteiger partial charge in [0.05, 0.1) is 6.54 Å². The number of benzene rings is 1. The van der Waals surface area contributed by atoms with Gasteiger partial charge in [0.25, 0.3) is 0 Å². The second-order valence-electron chi connectivity index (χ2n) is 7.32. The Morgan fingerprint density at radius 2 is 1.90 bits per heavy atom. The lowest BCUT2D eigenvalue weighted by molar-refractivity contribution is 0.845. The maximum Gasteiger partial charge on any atom is 0.195 e. The van der Waals surface area contributed by atoms with Crippen molar-refractivity contribution in [3.8, 4) is 11.1 Å². The van der Waals surface area contributed by atoms with E-state index in [0.29, 0.717) is 19.0 Å². The highest BCUT2D eigenvalue weighted by Crippen LogP contribution is 2.20. The maximum atomic E-state index is 4.74. The van der Waals surface area contributed by atoms with Crippen molar-refractivity contribution in [2.24, 2.45) is 9.98 Å². The summed E-state index contributed by atoms with van der Waals surface area (Å²) >= 11 is 0. The minimum Gasteiger partial charge on any atom is -0.352 e. The number of hydrogen-bond donors (Lipinski definition) is 2. The van der Waals surface area contributed by atoms with Crippen LogP contribution in [0.15, 0.2) is 83.2 Å². The largest absolute Gasteiger partial charge is 0.352 e. The van der Waals surface area contributed by atoms with Gasteiger partial charge < -0.3 is 10.6 Å². The van der Waals surface area contributed by atoms with Crippen molar-refractivity contribution in [2.75, 3.05) is 6.54 Å². The number of fused-ring (bicyclic) bond motifs is 1. The van der Waals surface area contributed by atoms with Crippen molar-refractivity contribution < 1.29 is 0 Å². The highest BCUT2D eigenvalue weighted by molar-refractivity contribution is 5.82. The summed E-state index contributed by atoms with van der Waals surface area (Å²) in [6, 6.07) is 16.7. The molecule has 156 valence electrons. The summed E-state index contributed by atoms with van der Waals surface area (Å²) in [6.07, 6.45) is 10.0. The number of hydrogen-bond acceptors (Lipinski definition) is 6. The molecule has 6 heteroatoms. The number of guanidine groups is 1. The number of nitrogens with one attached hydrogen (secondary N) is 2. The minimum atomic E-state index is 0.566. The molecule has 3 heterocycles. The van der Waals surface area contributed by atoms with Gasteiger partial charge in [0.15, 0.2) is 5.96 Å². The third kappa shape index (κ3) is 5.85. The van der Waals surface area contributed by atoms with E-state index < -0.39 is 0 Å². The van der Waals surface area contributed by atoms with Gasteiger partial charge >= 0.3 is 0 Å². The first-order valence-electron chi connectivity index (χ1n) is 10.4. The zero-order chi connectivity index (χ0) is 21.3. The first kappa shape index (κ1) is 20.5. The highest BCUT2D eigenvalue weighted by atomic mass is 15.2. The predicted molar refractivity (Wildman–Crippen MR) is 126 cm³/mol. The van der Waals surface area contributed by atoms with E-state index in [0.717, 1.165) is 29.9 Å². The predicted octanol–water partition coefficient (Wildman–Crippen LogP) is 3.83. The summed E-state index contributed by atoms with van der Waals surface area (Å²) < 4.78 is 0. The van der Waals surface area contributed by atoms with E-state index in [-0.39, 0.29) is 0 Å². The van der Waals surface area contributed by atoms with E-state index in [9.17, 15) is 0 Å². The number of nitrogens with zero attached hydrogens (tertiary/aromatic N) is 4. The molecule has 1 aliphatic rings. The Morgan fingerprint density at radius 3 is 2.77 bits per heavy atom. The van der Waals surface area contributed by atoms with Crippen LogP contribution in [0.2, 0.25) is 0 Å². The van der Waals surface area contributed by atoms with Gasteiger partial charge in [0.2, 0.25) is 0 Å². The van der Waals surface area contributed by atoms with Crippen molar-refractivity contribution in [2.45, 2.75) is 26.4 Å². The Balaban J connectivity index is 1.45. The lowest BCUT2D eigenvalue weighted by Crippen LogP contribution is -2.34. The molecule has 3 aromatic rings. The number of pyridine rings is 2. The molecule has 0 amide bonds. The molecule has 1 aromatic carbocycles. The molecule has 2 aromatic heterocycles. The van der Waals surface area contributed by atoms with Crippen molar-refractivity contribution >= 4 is 12.2 Å². The van der Waals surface area contributed by atoms with E-state index in [2.05, 4.69) is 62.0 Å². The van der Waals surface area contributed by atoms with Crippen LogP contribution in [0.3, 0.4) is 0 Å². The molecule has 0 saturated heterocycles. The first-order chi connectivity index (χ1) is 15.3. The van der Waals surface area contributed by atoms with Crippen LogP contribution in [0, 0.1) is 6.92 Å². The van der Waals surface area contributed by atoms with Gasteiger partial charge in [-0.05, 0) is 53.5 Å². The highest BCUT2D eigenvalue weighted by Gasteiger charge is 2.05. The molecule has 0 atom stereocenters. The Hall–Kier alpha value is -3.80. The van der Waals surface area contributed by atoms with Crippen molar-refractivity contribution in [1.82, 2.24) is 20.6 Å². The summed E-state index contributed by atoms with van der Waals surface area (Å²) in [7, 11) is 0. The van der Waals surface area contributed by atoms with Crippen molar-refractivity contribution in [1.29, 1.82) is 0 Å². The third-order valence-corrected chi connectivity index (χ3v) is 5.02. The lowest BCUT2D eigenvalue weighted by atomic mass is 10.0. The Morgan fingerprint density at radius 1 is 1.00 bits per heavy atom. The fourth-order valence-electron chi connectivity index (χ4n) is 3.36. The molecule has 0 unspecified atom stereocenters. The summed E-state index contributed by atoms with van der Waals surface area (Å²) in [4.78, 5) is 17.9. The monoisotopic (exact) mass is 410 g/mol. The van der Waals surface area contributed by atoms with E-state index in [1.165, 1.54) is 16.7 Å². The van der Waals surface area contributed by atoms with Gasteiger partial charge in [-0.1, -0.05) is 30.3 Å². The second kappa shape index (κ2) is 10.3. The zero-order valence-electron chi connectivity index (χ0n) is 17.6. The Kier molecular flexibility index (Phi) is 6.80. The summed E-state index contributed by atoms with van der Waals surface area (Å²) in [5, 5.41) is 6.62. The second-order valence-corrected chi connectivity index (χ2v) is 7.32. The smallest absolute Gasteiger partial charge is 0.195 e. The first-order valence-corrected chi connectivity index (χ1v) is 10.4. The van der Waals surface area contributed by atoms with Crippen LogP contribution >= 0.6 is 0 Å². The van der Waals surface area contributed by atoms with Crippen LogP contribution < -0.4 is 10.6 Å². The molecule has 2 N–H and O–H groups in total. The van der Waals surface area contributed by atoms with Crippen LogP contribution in [0.4, 0.5) is 0 Å². The van der Waals surface area contributed by atoms with Crippen LogP contribution in [-0.4, -0.2) is 28.7 Å². The van der Waals surface area contributed by atoms with Gasteiger partial charge in [-0.2, -0.15) is 0 Å². The van der Waals surface area contributed by atoms with Crippen molar-refractivity contribution in [3.05, 3.63) is 95.7 Å².